The van der Waals surface area contributed by atoms with Crippen LogP contribution in [0.5, 0.6) is 5.88 Å². The summed E-state index contributed by atoms with van der Waals surface area (Å²) in [6.07, 6.45) is 2.25. The van der Waals surface area contributed by atoms with Crippen molar-refractivity contribution in [1.29, 1.82) is 0 Å². The molecule has 0 aromatic carbocycles. The topological polar surface area (TPSA) is 98.0 Å². The van der Waals surface area contributed by atoms with Gasteiger partial charge in [0, 0.05) is 25.8 Å². The molecular formula is C23H33FN4O4. The Morgan fingerprint density at radius 1 is 1.22 bits per heavy atom. The van der Waals surface area contributed by atoms with Gasteiger partial charge in [0.25, 0.3) is 5.91 Å². The molecule has 1 aliphatic carbocycles. The summed E-state index contributed by atoms with van der Waals surface area (Å²) in [5, 5.41) is 0. The first-order chi connectivity index (χ1) is 15.3. The minimum Gasteiger partial charge on any atom is -0.476 e. The highest BCUT2D eigenvalue weighted by Gasteiger charge is 2.47. The Hall–Kier alpha value is -2.42. The minimum absolute atomic E-state index is 0.0535. The predicted octanol–water partition coefficient (Wildman–Crippen LogP) is 2.04. The molecule has 3 heterocycles. The molecule has 2 amide bonds. The van der Waals surface area contributed by atoms with Gasteiger partial charge in [-0.15, -0.1) is 0 Å². The molecular weight excluding hydrogens is 415 g/mol. The van der Waals surface area contributed by atoms with Gasteiger partial charge in [0.15, 0.2) is 0 Å². The lowest BCUT2D eigenvalue weighted by Crippen LogP contribution is -2.58. The molecule has 3 fully saturated rings. The molecule has 2 aliphatic heterocycles. The van der Waals surface area contributed by atoms with Gasteiger partial charge in [0.2, 0.25) is 11.8 Å². The molecule has 9 heteroatoms. The van der Waals surface area contributed by atoms with Gasteiger partial charge in [0.1, 0.15) is 17.6 Å². The van der Waals surface area contributed by atoms with E-state index in [1.807, 2.05) is 19.9 Å². The number of likely N-dealkylation sites (tertiary alicyclic amines) is 1. The van der Waals surface area contributed by atoms with E-state index in [1.54, 1.807) is 7.11 Å². The van der Waals surface area contributed by atoms with Crippen molar-refractivity contribution in [2.75, 3.05) is 44.8 Å². The number of pyridine rings is 1. The fourth-order valence-electron chi connectivity index (χ4n) is 4.58. The van der Waals surface area contributed by atoms with Gasteiger partial charge in [-0.1, -0.05) is 13.8 Å². The molecule has 0 radical (unpaired) electrons. The number of hydrogen-bond acceptors (Lipinski definition) is 6. The van der Waals surface area contributed by atoms with Gasteiger partial charge in [0.05, 0.1) is 31.2 Å². The van der Waals surface area contributed by atoms with Gasteiger partial charge in [-0.2, -0.15) is 0 Å². The third kappa shape index (κ3) is 4.02. The van der Waals surface area contributed by atoms with Crippen LogP contribution in [0.1, 0.15) is 55.6 Å². The van der Waals surface area contributed by atoms with Crippen LogP contribution in [0.4, 0.5) is 10.1 Å². The number of anilines is 1. The maximum absolute atomic E-state index is 13.5. The number of methoxy groups -OCH3 is 1. The minimum atomic E-state index is -1.01. The summed E-state index contributed by atoms with van der Waals surface area (Å²) < 4.78 is 25.0. The molecule has 3 aliphatic rings. The molecule has 1 aromatic rings. The monoisotopic (exact) mass is 448 g/mol. The number of halogens is 1. The average Bonchev–Trinajstić information content (AvgIpc) is 3.55. The SMILES string of the molecule is CCC(CC)(C(=O)N1CC(F)C1)c1cc(N2CC(OC)C2)c(OCC2CC2)nc1C(N)=O. The van der Waals surface area contributed by atoms with Crippen LogP contribution in [0.15, 0.2) is 6.07 Å². The normalized spacial score (nSPS) is 19.5. The van der Waals surface area contributed by atoms with E-state index in [1.165, 1.54) is 4.90 Å². The van der Waals surface area contributed by atoms with Crippen LogP contribution in [0.25, 0.3) is 0 Å². The molecule has 0 unspecified atom stereocenters. The van der Waals surface area contributed by atoms with E-state index < -0.39 is 17.5 Å². The Balaban J connectivity index is 1.77. The summed E-state index contributed by atoms with van der Waals surface area (Å²) in [5.74, 6) is -0.00857. The zero-order valence-electron chi connectivity index (χ0n) is 19.1. The fraction of sp³-hybridized carbons (Fsp3) is 0.696. The van der Waals surface area contributed by atoms with Gasteiger partial charge in [-0.25, -0.2) is 9.37 Å². The smallest absolute Gasteiger partial charge is 0.267 e. The van der Waals surface area contributed by atoms with Crippen LogP contribution in [-0.2, 0) is 14.9 Å². The van der Waals surface area contributed by atoms with Crippen molar-refractivity contribution in [3.05, 3.63) is 17.3 Å². The number of aromatic nitrogens is 1. The van der Waals surface area contributed by atoms with E-state index in [0.29, 0.717) is 49.9 Å². The second kappa shape index (κ2) is 8.84. The van der Waals surface area contributed by atoms with Gasteiger partial charge in [-0.3, -0.25) is 9.59 Å². The van der Waals surface area contributed by atoms with Crippen LogP contribution < -0.4 is 15.4 Å². The second-order valence-electron chi connectivity index (χ2n) is 9.19. The number of carbonyl (C=O) groups excluding carboxylic acids is 2. The Kier molecular flexibility index (Phi) is 6.29. The number of amides is 2. The van der Waals surface area contributed by atoms with Crippen molar-refractivity contribution >= 4 is 17.5 Å². The highest BCUT2D eigenvalue weighted by molar-refractivity contribution is 5.98. The fourth-order valence-corrected chi connectivity index (χ4v) is 4.58. The molecule has 0 bridgehead atoms. The summed E-state index contributed by atoms with van der Waals surface area (Å²) in [5.41, 5.74) is 6.03. The third-order valence-corrected chi connectivity index (χ3v) is 7.13. The molecule has 176 valence electrons. The predicted molar refractivity (Wildman–Crippen MR) is 118 cm³/mol. The number of ether oxygens (including phenoxy) is 2. The quantitative estimate of drug-likeness (QED) is 0.588. The zero-order chi connectivity index (χ0) is 23.0. The molecule has 1 aromatic heterocycles. The van der Waals surface area contributed by atoms with Crippen molar-refractivity contribution in [3.8, 4) is 5.88 Å². The van der Waals surface area contributed by atoms with E-state index in [-0.39, 0.29) is 30.8 Å². The van der Waals surface area contributed by atoms with Crippen molar-refractivity contribution in [2.24, 2.45) is 11.7 Å². The Morgan fingerprint density at radius 2 is 1.88 bits per heavy atom. The number of nitrogens with zero attached hydrogens (tertiary/aromatic N) is 3. The Labute approximate surface area is 188 Å². The van der Waals surface area contributed by atoms with Crippen LogP contribution in [0.2, 0.25) is 0 Å². The van der Waals surface area contributed by atoms with E-state index in [2.05, 4.69) is 9.88 Å². The summed E-state index contributed by atoms with van der Waals surface area (Å²) in [7, 11) is 1.68. The lowest BCUT2D eigenvalue weighted by molar-refractivity contribution is -0.145. The van der Waals surface area contributed by atoms with Crippen molar-refractivity contribution in [1.82, 2.24) is 9.88 Å². The maximum Gasteiger partial charge on any atom is 0.267 e. The Morgan fingerprint density at radius 3 is 2.38 bits per heavy atom. The first-order valence-electron chi connectivity index (χ1n) is 11.5. The van der Waals surface area contributed by atoms with Crippen LogP contribution in [-0.4, -0.2) is 73.9 Å². The Bertz CT molecular complexity index is 875. The number of carbonyl (C=O) groups is 2. The number of hydrogen-bond donors (Lipinski definition) is 1. The number of alkyl halides is 1. The molecule has 0 atom stereocenters. The highest BCUT2D eigenvalue weighted by Crippen LogP contribution is 2.42. The van der Waals surface area contributed by atoms with Crippen LogP contribution in [0, 0.1) is 5.92 Å². The maximum atomic E-state index is 13.5. The third-order valence-electron chi connectivity index (χ3n) is 7.13. The number of rotatable bonds is 10. The standard InChI is InChI=1S/C23H33FN4O4/c1-4-23(5-2,22(30)28-9-15(24)10-28)17-8-18(27-11-16(12-27)31-3)21(26-19(17)20(25)29)32-13-14-6-7-14/h8,14-16H,4-7,9-13H2,1-3H3,(H2,25,29). The van der Waals surface area contributed by atoms with E-state index in [4.69, 9.17) is 15.2 Å². The first-order valence-corrected chi connectivity index (χ1v) is 11.5. The van der Waals surface area contributed by atoms with Crippen LogP contribution in [0.3, 0.4) is 0 Å². The molecule has 8 nitrogen and oxygen atoms in total. The molecule has 1 saturated carbocycles. The number of primary amides is 1. The largest absolute Gasteiger partial charge is 0.476 e. The van der Waals surface area contributed by atoms with Gasteiger partial charge in [-0.05, 0) is 37.7 Å². The van der Waals surface area contributed by atoms with Gasteiger partial charge < -0.3 is 25.0 Å². The lowest BCUT2D eigenvalue weighted by atomic mass is 9.73. The van der Waals surface area contributed by atoms with E-state index >= 15 is 0 Å². The van der Waals surface area contributed by atoms with Crippen LogP contribution >= 0.6 is 0 Å². The molecule has 4 rings (SSSR count). The summed E-state index contributed by atoms with van der Waals surface area (Å²) >= 11 is 0. The molecule has 32 heavy (non-hydrogen) atoms. The molecule has 2 N–H and O–H groups in total. The van der Waals surface area contributed by atoms with Crippen molar-refractivity contribution in [2.45, 2.75) is 57.2 Å². The lowest BCUT2D eigenvalue weighted by Gasteiger charge is -2.44. The summed E-state index contributed by atoms with van der Waals surface area (Å²) in [6.45, 7) is 5.84. The number of nitrogens with two attached hydrogens (primary N) is 1. The molecule has 0 spiro atoms. The van der Waals surface area contributed by atoms with Crippen molar-refractivity contribution in [3.63, 3.8) is 0 Å². The van der Waals surface area contributed by atoms with Crippen molar-refractivity contribution < 1.29 is 23.5 Å². The van der Waals surface area contributed by atoms with E-state index in [0.717, 1.165) is 18.5 Å². The second-order valence-corrected chi connectivity index (χ2v) is 9.19. The van der Waals surface area contributed by atoms with Gasteiger partial charge >= 0.3 is 0 Å². The highest BCUT2D eigenvalue weighted by atomic mass is 19.1. The summed E-state index contributed by atoms with van der Waals surface area (Å²) in [4.78, 5) is 34.2. The first kappa shape index (κ1) is 22.8. The summed E-state index contributed by atoms with van der Waals surface area (Å²) in [6, 6.07) is 1.85. The van der Waals surface area contributed by atoms with E-state index in [9.17, 15) is 14.0 Å². The average molecular weight is 449 g/mol. The molecule has 2 saturated heterocycles. The zero-order valence-corrected chi connectivity index (χ0v) is 19.1.